The van der Waals surface area contributed by atoms with Gasteiger partial charge in [-0.15, -0.1) is 0 Å². The number of oxime groups is 1. The van der Waals surface area contributed by atoms with Crippen molar-refractivity contribution in [2.24, 2.45) is 10.9 Å². The van der Waals surface area contributed by atoms with Crippen LogP contribution in [0.2, 0.25) is 5.02 Å². The van der Waals surface area contributed by atoms with Gasteiger partial charge in [-0.1, -0.05) is 32.7 Å². The number of benzene rings is 1. The van der Waals surface area contributed by atoms with Crippen LogP contribution in [0.4, 0.5) is 0 Å². The molecule has 0 aliphatic heterocycles. The summed E-state index contributed by atoms with van der Waals surface area (Å²) in [7, 11) is 0. The summed E-state index contributed by atoms with van der Waals surface area (Å²) in [6.45, 7) is 3.66. The summed E-state index contributed by atoms with van der Waals surface area (Å²) < 4.78 is 6.58. The number of nitrogens with two attached hydrogens (primary N) is 1. The van der Waals surface area contributed by atoms with Crippen molar-refractivity contribution in [1.29, 1.82) is 0 Å². The minimum atomic E-state index is -0.0664. The summed E-state index contributed by atoms with van der Waals surface area (Å²) in [6.07, 6.45) is 0. The van der Waals surface area contributed by atoms with Crippen molar-refractivity contribution < 1.29 is 9.94 Å². The van der Waals surface area contributed by atoms with Crippen LogP contribution in [0.5, 0.6) is 11.6 Å². The molecule has 1 heterocycles. The van der Waals surface area contributed by atoms with Gasteiger partial charge >= 0.3 is 0 Å². The van der Waals surface area contributed by atoms with Crippen LogP contribution in [-0.2, 0) is 0 Å². The average molecular weight is 371 g/mol. The van der Waals surface area contributed by atoms with Gasteiger partial charge in [-0.05, 0) is 43.7 Å². The van der Waals surface area contributed by atoms with Gasteiger partial charge in [-0.3, -0.25) is 0 Å². The number of hydrogen-bond donors (Lipinski definition) is 2. The number of hydrogen-bond acceptors (Lipinski definition) is 4. The highest BCUT2D eigenvalue weighted by atomic mass is 79.9. The summed E-state index contributed by atoms with van der Waals surface area (Å²) in [5.74, 6) is 0.611. The van der Waals surface area contributed by atoms with Gasteiger partial charge in [0.1, 0.15) is 5.75 Å². The molecule has 2 rings (SSSR count). The summed E-state index contributed by atoms with van der Waals surface area (Å²) >= 11 is 9.46. The molecule has 3 N–H and O–H groups in total. The summed E-state index contributed by atoms with van der Waals surface area (Å²) in [5.41, 5.74) is 7.68. The van der Waals surface area contributed by atoms with E-state index < -0.39 is 0 Å². The molecule has 5 nitrogen and oxygen atoms in total. The highest BCUT2D eigenvalue weighted by Crippen LogP contribution is 2.33. The lowest BCUT2D eigenvalue weighted by Gasteiger charge is -2.13. The molecule has 2 aromatic rings. The Morgan fingerprint density at radius 1 is 1.38 bits per heavy atom. The molecule has 0 saturated heterocycles. The first-order valence-electron chi connectivity index (χ1n) is 6.01. The molecule has 0 radical (unpaired) electrons. The number of halogens is 2. The van der Waals surface area contributed by atoms with Gasteiger partial charge in [-0.2, -0.15) is 0 Å². The van der Waals surface area contributed by atoms with Crippen LogP contribution in [0.1, 0.15) is 16.8 Å². The number of nitrogens with zero attached hydrogens (tertiary/aromatic N) is 2. The quantitative estimate of drug-likeness (QED) is 0.370. The maximum atomic E-state index is 8.91. The fourth-order valence-corrected chi connectivity index (χ4v) is 2.61. The van der Waals surface area contributed by atoms with E-state index in [0.717, 1.165) is 15.7 Å². The molecule has 1 aromatic heterocycles. The molecule has 0 unspecified atom stereocenters. The van der Waals surface area contributed by atoms with E-state index in [9.17, 15) is 0 Å². The lowest BCUT2D eigenvalue weighted by Crippen LogP contribution is -2.17. The third-order valence-electron chi connectivity index (χ3n) is 2.78. The molecule has 0 saturated carbocycles. The van der Waals surface area contributed by atoms with Gasteiger partial charge in [0.05, 0.1) is 10.6 Å². The van der Waals surface area contributed by atoms with E-state index in [1.165, 1.54) is 0 Å². The van der Waals surface area contributed by atoms with Gasteiger partial charge in [0.2, 0.25) is 5.88 Å². The Morgan fingerprint density at radius 2 is 2.10 bits per heavy atom. The van der Waals surface area contributed by atoms with Crippen LogP contribution in [0.15, 0.2) is 33.9 Å². The van der Waals surface area contributed by atoms with Crippen molar-refractivity contribution in [3.8, 4) is 11.6 Å². The first-order chi connectivity index (χ1) is 9.92. The SMILES string of the molecule is Cc1cc(C)c(/C(N)=N/O)c(Oc2ccc(Br)cc2Cl)n1. The predicted octanol–water partition coefficient (Wildman–Crippen LogP) is 4.00. The van der Waals surface area contributed by atoms with Crippen LogP contribution in [-0.4, -0.2) is 16.0 Å². The van der Waals surface area contributed by atoms with Gasteiger partial charge < -0.3 is 15.7 Å². The number of pyridine rings is 1. The second-order valence-electron chi connectivity index (χ2n) is 4.42. The molecule has 0 amide bonds. The molecule has 21 heavy (non-hydrogen) atoms. The normalized spacial score (nSPS) is 11.5. The third-order valence-corrected chi connectivity index (χ3v) is 3.56. The summed E-state index contributed by atoms with van der Waals surface area (Å²) in [4.78, 5) is 4.30. The van der Waals surface area contributed by atoms with E-state index >= 15 is 0 Å². The molecular weight excluding hydrogens is 358 g/mol. The Labute approximate surface area is 135 Å². The van der Waals surface area contributed by atoms with Crippen LogP contribution in [0.3, 0.4) is 0 Å². The molecule has 0 aliphatic rings. The van der Waals surface area contributed by atoms with Crippen LogP contribution in [0.25, 0.3) is 0 Å². The minimum Gasteiger partial charge on any atom is -0.437 e. The number of aromatic nitrogens is 1. The Hall–Kier alpha value is -1.79. The van der Waals surface area contributed by atoms with E-state index in [-0.39, 0.29) is 11.7 Å². The van der Waals surface area contributed by atoms with Crippen molar-refractivity contribution in [3.05, 3.63) is 50.6 Å². The fraction of sp³-hybridized carbons (Fsp3) is 0.143. The van der Waals surface area contributed by atoms with Crippen molar-refractivity contribution >= 4 is 33.4 Å². The molecule has 0 aliphatic carbocycles. The number of amidine groups is 1. The molecular formula is C14H13BrClN3O2. The van der Waals surface area contributed by atoms with Gasteiger partial charge in [0.15, 0.2) is 5.84 Å². The lowest BCUT2D eigenvalue weighted by atomic mass is 10.1. The van der Waals surface area contributed by atoms with E-state index in [2.05, 4.69) is 26.1 Å². The zero-order valence-corrected chi connectivity index (χ0v) is 13.7. The number of rotatable bonds is 3. The van der Waals surface area contributed by atoms with Crippen molar-refractivity contribution in [1.82, 2.24) is 4.98 Å². The molecule has 7 heteroatoms. The van der Waals surface area contributed by atoms with Crippen LogP contribution < -0.4 is 10.5 Å². The topological polar surface area (TPSA) is 80.7 Å². The van der Waals surface area contributed by atoms with E-state index in [1.54, 1.807) is 18.2 Å². The zero-order chi connectivity index (χ0) is 15.6. The predicted molar refractivity (Wildman–Crippen MR) is 85.4 cm³/mol. The largest absolute Gasteiger partial charge is 0.437 e. The minimum absolute atomic E-state index is 0.0664. The van der Waals surface area contributed by atoms with E-state index in [4.69, 9.17) is 27.3 Å². The first-order valence-corrected chi connectivity index (χ1v) is 7.18. The maximum Gasteiger partial charge on any atom is 0.230 e. The second-order valence-corrected chi connectivity index (χ2v) is 5.75. The van der Waals surface area contributed by atoms with E-state index in [0.29, 0.717) is 16.3 Å². The fourth-order valence-electron chi connectivity index (χ4n) is 1.90. The molecule has 0 spiro atoms. The molecule has 0 fully saturated rings. The Bertz CT molecular complexity index is 720. The van der Waals surface area contributed by atoms with Crippen LogP contribution in [0, 0.1) is 13.8 Å². The highest BCUT2D eigenvalue weighted by molar-refractivity contribution is 9.10. The molecule has 0 bridgehead atoms. The van der Waals surface area contributed by atoms with E-state index in [1.807, 2.05) is 19.9 Å². The summed E-state index contributed by atoms with van der Waals surface area (Å²) in [5, 5.41) is 12.4. The van der Waals surface area contributed by atoms with Crippen LogP contribution >= 0.6 is 27.5 Å². The Balaban J connectivity index is 2.53. The number of ether oxygens (including phenoxy) is 1. The Kier molecular flexibility index (Phi) is 4.69. The third kappa shape index (κ3) is 3.46. The maximum absolute atomic E-state index is 8.91. The molecule has 0 atom stereocenters. The van der Waals surface area contributed by atoms with Crippen molar-refractivity contribution in [2.75, 3.05) is 0 Å². The van der Waals surface area contributed by atoms with Gasteiger partial charge in [-0.25, -0.2) is 4.98 Å². The lowest BCUT2D eigenvalue weighted by molar-refractivity contribution is 0.318. The monoisotopic (exact) mass is 369 g/mol. The highest BCUT2D eigenvalue weighted by Gasteiger charge is 2.16. The van der Waals surface area contributed by atoms with Crippen molar-refractivity contribution in [2.45, 2.75) is 13.8 Å². The Morgan fingerprint density at radius 3 is 2.71 bits per heavy atom. The second kappa shape index (κ2) is 6.32. The zero-order valence-electron chi connectivity index (χ0n) is 11.4. The standard InChI is InChI=1S/C14H13BrClN3O2/c1-7-5-8(2)18-14(12(7)13(17)19-20)21-11-4-3-9(15)6-10(11)16/h3-6,20H,1-2H3,(H2,17,19). The van der Waals surface area contributed by atoms with Crippen molar-refractivity contribution in [3.63, 3.8) is 0 Å². The smallest absolute Gasteiger partial charge is 0.230 e. The number of aryl methyl sites for hydroxylation is 2. The first kappa shape index (κ1) is 15.6. The van der Waals surface area contributed by atoms with Gasteiger partial charge in [0.25, 0.3) is 0 Å². The average Bonchev–Trinajstić information content (AvgIpc) is 2.40. The molecule has 1 aromatic carbocycles. The van der Waals surface area contributed by atoms with Gasteiger partial charge in [0, 0.05) is 10.2 Å². The molecule has 110 valence electrons. The summed E-state index contributed by atoms with van der Waals surface area (Å²) in [6, 6.07) is 7.04.